The second kappa shape index (κ2) is 10.5. The minimum Gasteiger partial charge on any atom is -0.425 e. The summed E-state index contributed by atoms with van der Waals surface area (Å²) in [4.78, 5) is 37.9. The zero-order valence-corrected chi connectivity index (χ0v) is 19.1. The van der Waals surface area contributed by atoms with Gasteiger partial charge in [0.05, 0.1) is 6.61 Å². The molecule has 2 N–H and O–H groups in total. The molecule has 1 aromatic carbocycles. The van der Waals surface area contributed by atoms with Crippen LogP contribution in [0.3, 0.4) is 0 Å². The van der Waals surface area contributed by atoms with Gasteiger partial charge in [0.1, 0.15) is 30.3 Å². The molecule has 0 amide bonds. The van der Waals surface area contributed by atoms with Crippen LogP contribution in [0.25, 0.3) is 0 Å². The average Bonchev–Trinajstić information content (AvgIpc) is 3.15. The van der Waals surface area contributed by atoms with Crippen molar-refractivity contribution in [3.05, 3.63) is 62.9 Å². The van der Waals surface area contributed by atoms with Gasteiger partial charge >= 0.3 is 19.4 Å². The quantitative estimate of drug-likeness (QED) is 0.309. The third-order valence-corrected chi connectivity index (χ3v) is 6.61. The number of hydrogen-bond donors (Lipinski definition) is 2. The Hall–Kier alpha value is -2.63. The number of para-hydroxylation sites is 1. The molecule has 13 heteroatoms. The van der Waals surface area contributed by atoms with Crippen LogP contribution in [0.1, 0.15) is 25.1 Å². The average molecular weight is 485 g/mol. The molecule has 2 aromatic rings. The Morgan fingerprint density at radius 2 is 2.06 bits per heavy atom. The molecule has 1 unspecified atom stereocenters. The van der Waals surface area contributed by atoms with Gasteiger partial charge in [0.15, 0.2) is 0 Å². The summed E-state index contributed by atoms with van der Waals surface area (Å²) in [5.41, 5.74) is -1.02. The molecule has 1 aliphatic heterocycles. The number of alkyl halides is 1. The highest BCUT2D eigenvalue weighted by Crippen LogP contribution is 2.44. The Labute approximate surface area is 188 Å². The van der Waals surface area contributed by atoms with E-state index in [1.165, 1.54) is 20.0 Å². The number of nitrogens with one attached hydrogen (secondary N) is 2. The van der Waals surface area contributed by atoms with Gasteiger partial charge in [-0.2, -0.15) is 0 Å². The van der Waals surface area contributed by atoms with E-state index in [-0.39, 0.29) is 12.0 Å². The van der Waals surface area contributed by atoms with Crippen molar-refractivity contribution in [2.45, 2.75) is 44.8 Å². The number of aromatic nitrogens is 2. The standard InChI is InChI=1S/C20H25FN3O8P/c1-12-10-24(20(27)22-18(12)25)17-9-15(21)16(32-17)11-30-33(28,29-3)23-13(2)19(26)31-14-7-5-4-6-8-14/h4-8,10,13,15-17H,9,11H2,1-3H3,(H,23,28)(H,22,25,27)/t13-,15-,16+,17+,33?/m0/s1. The van der Waals surface area contributed by atoms with Gasteiger partial charge in [-0.3, -0.25) is 18.9 Å². The van der Waals surface area contributed by atoms with Crippen LogP contribution in [0.15, 0.2) is 46.1 Å². The van der Waals surface area contributed by atoms with Crippen molar-refractivity contribution in [1.82, 2.24) is 14.6 Å². The summed E-state index contributed by atoms with van der Waals surface area (Å²) in [7, 11) is -2.92. The van der Waals surface area contributed by atoms with Crippen molar-refractivity contribution in [2.75, 3.05) is 13.7 Å². The van der Waals surface area contributed by atoms with E-state index in [1.807, 2.05) is 0 Å². The molecule has 180 valence electrons. The number of carbonyl (C=O) groups is 1. The summed E-state index contributed by atoms with van der Waals surface area (Å²) in [5, 5.41) is 2.43. The Balaban J connectivity index is 1.59. The molecule has 0 aliphatic carbocycles. The molecule has 0 bridgehead atoms. The number of benzene rings is 1. The van der Waals surface area contributed by atoms with Gasteiger partial charge in [-0.1, -0.05) is 18.2 Å². The lowest BCUT2D eigenvalue weighted by Crippen LogP contribution is -2.36. The van der Waals surface area contributed by atoms with E-state index in [0.29, 0.717) is 5.75 Å². The molecule has 0 saturated carbocycles. The lowest BCUT2D eigenvalue weighted by Gasteiger charge is -2.23. The molecule has 2 heterocycles. The molecule has 1 fully saturated rings. The van der Waals surface area contributed by atoms with Gasteiger partial charge in [-0.05, 0) is 26.0 Å². The largest absolute Gasteiger partial charge is 0.425 e. The number of aryl methyl sites for hydroxylation is 1. The van der Waals surface area contributed by atoms with Crippen LogP contribution in [0.4, 0.5) is 4.39 Å². The minimum atomic E-state index is -4.02. The van der Waals surface area contributed by atoms with Crippen LogP contribution in [-0.2, 0) is 23.1 Å². The van der Waals surface area contributed by atoms with Crippen LogP contribution < -0.4 is 21.1 Å². The molecule has 5 atom stereocenters. The Bertz CT molecular complexity index is 1140. The fraction of sp³-hybridized carbons (Fsp3) is 0.450. The molecule has 33 heavy (non-hydrogen) atoms. The first-order valence-corrected chi connectivity index (χ1v) is 11.6. The predicted octanol–water partition coefficient (Wildman–Crippen LogP) is 1.83. The third kappa shape index (κ3) is 6.24. The smallest absolute Gasteiger partial charge is 0.406 e. The maximum Gasteiger partial charge on any atom is 0.406 e. The van der Waals surface area contributed by atoms with Crippen LogP contribution >= 0.6 is 7.75 Å². The van der Waals surface area contributed by atoms with Gasteiger partial charge in [0, 0.05) is 25.3 Å². The number of rotatable bonds is 9. The topological polar surface area (TPSA) is 138 Å². The van der Waals surface area contributed by atoms with Crippen LogP contribution in [0, 0.1) is 6.92 Å². The van der Waals surface area contributed by atoms with Crippen molar-refractivity contribution in [3.8, 4) is 5.75 Å². The van der Waals surface area contributed by atoms with Gasteiger partial charge in [-0.15, -0.1) is 0 Å². The van der Waals surface area contributed by atoms with Crippen molar-refractivity contribution < 1.29 is 32.3 Å². The maximum absolute atomic E-state index is 14.5. The number of ether oxygens (including phenoxy) is 2. The molecule has 0 radical (unpaired) electrons. The van der Waals surface area contributed by atoms with Gasteiger partial charge < -0.3 is 14.0 Å². The summed E-state index contributed by atoms with van der Waals surface area (Å²) in [6.07, 6.45) is -2.58. The lowest BCUT2D eigenvalue weighted by atomic mass is 10.2. The number of esters is 1. The summed E-state index contributed by atoms with van der Waals surface area (Å²) < 4.78 is 49.4. The highest BCUT2D eigenvalue weighted by molar-refractivity contribution is 7.51. The molecule has 1 saturated heterocycles. The fourth-order valence-electron chi connectivity index (χ4n) is 3.11. The monoisotopic (exact) mass is 485 g/mol. The molecule has 11 nitrogen and oxygen atoms in total. The highest BCUT2D eigenvalue weighted by Gasteiger charge is 2.39. The maximum atomic E-state index is 14.5. The lowest BCUT2D eigenvalue weighted by molar-refractivity contribution is -0.136. The molecular formula is C20H25FN3O8P. The number of carbonyl (C=O) groups excluding carboxylic acids is 1. The van der Waals surface area contributed by atoms with Crippen LogP contribution in [0.2, 0.25) is 0 Å². The van der Waals surface area contributed by atoms with E-state index in [0.717, 1.165) is 11.7 Å². The van der Waals surface area contributed by atoms with Crippen molar-refractivity contribution in [3.63, 3.8) is 0 Å². The number of H-pyrrole nitrogens is 1. The number of hydrogen-bond acceptors (Lipinski definition) is 8. The summed E-state index contributed by atoms with van der Waals surface area (Å²) in [6, 6.07) is 7.23. The Morgan fingerprint density at radius 3 is 2.73 bits per heavy atom. The Kier molecular flexibility index (Phi) is 7.98. The number of halogens is 1. The fourth-order valence-corrected chi connectivity index (χ4v) is 4.32. The normalized spacial score (nSPS) is 23.1. The summed E-state index contributed by atoms with van der Waals surface area (Å²) in [6.45, 7) is 2.43. The van der Waals surface area contributed by atoms with E-state index >= 15 is 0 Å². The second-order valence-electron chi connectivity index (χ2n) is 7.42. The van der Waals surface area contributed by atoms with E-state index in [4.69, 9.17) is 18.5 Å². The minimum absolute atomic E-state index is 0.177. The van der Waals surface area contributed by atoms with Crippen LogP contribution in [0.5, 0.6) is 5.75 Å². The Morgan fingerprint density at radius 1 is 1.36 bits per heavy atom. The van der Waals surface area contributed by atoms with Crippen molar-refractivity contribution in [2.24, 2.45) is 0 Å². The van der Waals surface area contributed by atoms with Gasteiger partial charge in [-0.25, -0.2) is 23.6 Å². The highest BCUT2D eigenvalue weighted by atomic mass is 31.2. The molecule has 1 aliphatic rings. The number of nitrogens with zero attached hydrogens (tertiary/aromatic N) is 1. The summed E-state index contributed by atoms with van der Waals surface area (Å²) in [5.74, 6) is -0.418. The molecular weight excluding hydrogens is 460 g/mol. The van der Waals surface area contributed by atoms with E-state index in [2.05, 4.69) is 10.1 Å². The van der Waals surface area contributed by atoms with Crippen LogP contribution in [-0.4, -0.2) is 47.6 Å². The van der Waals surface area contributed by atoms with Crippen molar-refractivity contribution in [1.29, 1.82) is 0 Å². The van der Waals surface area contributed by atoms with Crippen molar-refractivity contribution >= 4 is 13.7 Å². The third-order valence-electron chi connectivity index (χ3n) is 4.93. The van der Waals surface area contributed by atoms with E-state index in [9.17, 15) is 23.3 Å². The molecule has 0 spiro atoms. The number of aromatic amines is 1. The first kappa shape index (κ1) is 25.0. The van der Waals surface area contributed by atoms with E-state index in [1.54, 1.807) is 30.3 Å². The van der Waals surface area contributed by atoms with Gasteiger partial charge in [0.2, 0.25) is 0 Å². The first-order chi connectivity index (χ1) is 15.6. The SMILES string of the molecule is COP(=O)(N[C@@H](C)C(=O)Oc1ccccc1)OC[C@H]1O[C@@H](n2cc(C)c(=O)[nH]c2=O)C[C@@H]1F. The second-order valence-corrected chi connectivity index (χ2v) is 9.30. The molecule has 3 rings (SSSR count). The predicted molar refractivity (Wildman–Crippen MR) is 115 cm³/mol. The van der Waals surface area contributed by atoms with E-state index < -0.39 is 56.1 Å². The van der Waals surface area contributed by atoms with Gasteiger partial charge in [0.25, 0.3) is 5.56 Å². The zero-order valence-electron chi connectivity index (χ0n) is 18.2. The zero-order chi connectivity index (χ0) is 24.2. The summed E-state index contributed by atoms with van der Waals surface area (Å²) >= 11 is 0. The molecule has 1 aromatic heterocycles. The first-order valence-electron chi connectivity index (χ1n) is 10.1.